The number of esters is 1. The molecule has 2 aromatic carbocycles. The lowest BCUT2D eigenvalue weighted by Crippen LogP contribution is -2.18. The highest BCUT2D eigenvalue weighted by Gasteiger charge is 2.45. The molecule has 0 unspecified atom stereocenters. The largest absolute Gasteiger partial charge is 0.469 e. The molecule has 1 aliphatic rings. The lowest BCUT2D eigenvalue weighted by Gasteiger charge is -2.24. The number of pyridine rings is 1. The van der Waals surface area contributed by atoms with Gasteiger partial charge in [-0.15, -0.1) is 11.3 Å². The second-order valence-corrected chi connectivity index (χ2v) is 14.8. The fourth-order valence-electron chi connectivity index (χ4n) is 5.25. The third kappa shape index (κ3) is 7.59. The maximum Gasteiger partial charge on any atom is 0.306 e. The molecule has 0 amide bonds. The Morgan fingerprint density at radius 3 is 2.67 bits per heavy atom. The van der Waals surface area contributed by atoms with E-state index in [2.05, 4.69) is 36.4 Å². The normalized spacial score (nSPS) is 15.3. The number of rotatable bonds is 12. The van der Waals surface area contributed by atoms with Gasteiger partial charge < -0.3 is 9.84 Å². The van der Waals surface area contributed by atoms with E-state index < -0.39 is 5.60 Å². The number of methoxy groups -OCH3 is 1. The number of benzene rings is 2. The van der Waals surface area contributed by atoms with E-state index in [-0.39, 0.29) is 16.6 Å². The summed E-state index contributed by atoms with van der Waals surface area (Å²) in [7, 11) is 1.46. The van der Waals surface area contributed by atoms with Gasteiger partial charge in [-0.2, -0.15) is 11.8 Å². The monoisotopic (exact) mass is 639 g/mol. The summed E-state index contributed by atoms with van der Waals surface area (Å²) >= 11 is 15.9. The van der Waals surface area contributed by atoms with Crippen molar-refractivity contribution in [3.63, 3.8) is 0 Å². The molecule has 2 aromatic heterocycles. The van der Waals surface area contributed by atoms with Crippen LogP contribution in [-0.2, 0) is 21.6 Å². The number of aryl methyl sites for hydroxylation is 1. The molecule has 220 valence electrons. The second-order valence-electron chi connectivity index (χ2n) is 11.6. The summed E-state index contributed by atoms with van der Waals surface area (Å²) in [5.41, 5.74) is 5.13. The molecule has 0 spiro atoms. The molecule has 0 radical (unpaired) electrons. The first-order chi connectivity index (χ1) is 20.1. The topological polar surface area (TPSA) is 59.4 Å². The van der Waals surface area contributed by atoms with Crippen molar-refractivity contribution < 1.29 is 14.6 Å². The Balaban J connectivity index is 1.37. The zero-order valence-electron chi connectivity index (χ0n) is 24.0. The van der Waals surface area contributed by atoms with Crippen molar-refractivity contribution in [2.75, 3.05) is 12.9 Å². The molecule has 8 heteroatoms. The number of thiophene rings is 1. The Hall–Kier alpha value is -2.35. The SMILES string of the molecule is COC(=O)CC1(CS[C@H](CCc2ccccc2C(C)(C)O)c2cccc(C=Cc3ccc4sc(Cl)c(Cl)c4n3)c2)CC1. The molecular formula is C34H35Cl2NO3S2. The maximum atomic E-state index is 12.1. The number of halogens is 2. The van der Waals surface area contributed by atoms with Crippen LogP contribution in [0.2, 0.25) is 9.36 Å². The zero-order chi connectivity index (χ0) is 29.9. The maximum absolute atomic E-state index is 12.1. The van der Waals surface area contributed by atoms with Gasteiger partial charge in [-0.1, -0.05) is 77.8 Å². The van der Waals surface area contributed by atoms with Gasteiger partial charge in [0, 0.05) is 11.0 Å². The smallest absolute Gasteiger partial charge is 0.306 e. The highest BCUT2D eigenvalue weighted by molar-refractivity contribution is 7.99. The van der Waals surface area contributed by atoms with E-state index in [1.54, 1.807) is 0 Å². The van der Waals surface area contributed by atoms with Gasteiger partial charge in [-0.3, -0.25) is 4.79 Å². The third-order valence-electron chi connectivity index (χ3n) is 7.84. The van der Waals surface area contributed by atoms with Crippen LogP contribution in [0.3, 0.4) is 0 Å². The molecule has 4 aromatic rings. The number of hydrogen-bond acceptors (Lipinski definition) is 6. The van der Waals surface area contributed by atoms with Crippen molar-refractivity contribution >= 4 is 74.6 Å². The Morgan fingerprint density at radius 1 is 1.14 bits per heavy atom. The number of aliphatic hydroxyl groups is 1. The molecule has 0 bridgehead atoms. The van der Waals surface area contributed by atoms with Crippen molar-refractivity contribution in [3.8, 4) is 0 Å². The van der Waals surface area contributed by atoms with Crippen LogP contribution in [-0.4, -0.2) is 28.9 Å². The van der Waals surface area contributed by atoms with Crippen molar-refractivity contribution in [3.05, 3.63) is 98.0 Å². The van der Waals surface area contributed by atoms with Crippen molar-refractivity contribution in [2.45, 2.75) is 56.8 Å². The van der Waals surface area contributed by atoms with Crippen LogP contribution in [0.5, 0.6) is 0 Å². The minimum absolute atomic E-state index is 0.0364. The summed E-state index contributed by atoms with van der Waals surface area (Å²) in [6.07, 6.45) is 8.42. The van der Waals surface area contributed by atoms with Crippen LogP contribution in [0.25, 0.3) is 22.4 Å². The highest BCUT2D eigenvalue weighted by atomic mass is 35.5. The second kappa shape index (κ2) is 13.1. The van der Waals surface area contributed by atoms with E-state index in [9.17, 15) is 9.90 Å². The van der Waals surface area contributed by atoms with Gasteiger partial charge in [0.05, 0.1) is 34.5 Å². The molecule has 1 fully saturated rings. The Bertz CT molecular complexity index is 1600. The first-order valence-corrected chi connectivity index (χ1v) is 16.7. The molecule has 1 atom stereocenters. The molecule has 4 nitrogen and oxygen atoms in total. The van der Waals surface area contributed by atoms with Crippen LogP contribution in [0, 0.1) is 5.41 Å². The van der Waals surface area contributed by atoms with E-state index in [4.69, 9.17) is 32.9 Å². The Morgan fingerprint density at radius 2 is 1.93 bits per heavy atom. The van der Waals surface area contributed by atoms with E-state index >= 15 is 0 Å². The van der Waals surface area contributed by atoms with Gasteiger partial charge in [0.1, 0.15) is 9.85 Å². The first kappa shape index (κ1) is 31.1. The van der Waals surface area contributed by atoms with E-state index in [0.29, 0.717) is 15.8 Å². The molecular weight excluding hydrogens is 605 g/mol. The number of carbonyl (C=O) groups is 1. The average Bonchev–Trinajstić information content (AvgIpc) is 3.68. The molecule has 2 heterocycles. The van der Waals surface area contributed by atoms with Crippen LogP contribution in [0.4, 0.5) is 0 Å². The number of ether oxygens (including phenoxy) is 1. The lowest BCUT2D eigenvalue weighted by molar-refractivity contribution is -0.141. The van der Waals surface area contributed by atoms with Crippen molar-refractivity contribution in [1.82, 2.24) is 4.98 Å². The van der Waals surface area contributed by atoms with Gasteiger partial charge >= 0.3 is 5.97 Å². The van der Waals surface area contributed by atoms with Crippen LogP contribution < -0.4 is 0 Å². The number of fused-ring (bicyclic) bond motifs is 1. The molecule has 0 saturated heterocycles. The molecule has 42 heavy (non-hydrogen) atoms. The molecule has 0 aliphatic heterocycles. The van der Waals surface area contributed by atoms with Gasteiger partial charge in [0.25, 0.3) is 0 Å². The zero-order valence-corrected chi connectivity index (χ0v) is 27.2. The van der Waals surface area contributed by atoms with E-state index in [0.717, 1.165) is 64.0 Å². The van der Waals surface area contributed by atoms with E-state index in [1.807, 2.05) is 62.0 Å². The fraction of sp³-hybridized carbons (Fsp3) is 0.353. The predicted molar refractivity (Wildman–Crippen MR) is 179 cm³/mol. The summed E-state index contributed by atoms with van der Waals surface area (Å²) in [5.74, 6) is 0.780. The quantitative estimate of drug-likeness (QED) is 0.156. The van der Waals surface area contributed by atoms with E-state index in [1.165, 1.54) is 24.0 Å². The summed E-state index contributed by atoms with van der Waals surface area (Å²) in [6.45, 7) is 3.68. The standard InChI is InChI=1S/C34H35Cl2NO3S2/c1-33(2,39)26-10-5-4-8-23(26)12-15-27(41-21-34(17-18-34)20-29(38)40-3)24-9-6-7-22(19-24)11-13-25-14-16-28-31(37-25)30(35)32(36)42-28/h4-11,13-14,16,19,27,39H,12,15,17-18,20-21H2,1-3H3/t27-/m1/s1. The third-order valence-corrected chi connectivity index (χ3v) is 11.5. The number of nitrogens with zero attached hydrogens (tertiary/aromatic N) is 1. The van der Waals surface area contributed by atoms with Gasteiger partial charge in [0.15, 0.2) is 0 Å². The first-order valence-electron chi connectivity index (χ1n) is 14.1. The van der Waals surface area contributed by atoms with Crippen molar-refractivity contribution in [1.29, 1.82) is 0 Å². The Kier molecular flexibility index (Phi) is 9.70. The highest BCUT2D eigenvalue weighted by Crippen LogP contribution is 2.53. The average molecular weight is 641 g/mol. The molecule has 1 saturated carbocycles. The number of hydrogen-bond donors (Lipinski definition) is 1. The number of thioether (sulfide) groups is 1. The Labute approximate surface area is 266 Å². The summed E-state index contributed by atoms with van der Waals surface area (Å²) in [5, 5.41) is 11.5. The van der Waals surface area contributed by atoms with Crippen LogP contribution in [0.1, 0.15) is 72.7 Å². The summed E-state index contributed by atoms with van der Waals surface area (Å²) in [4.78, 5) is 16.8. The van der Waals surface area contributed by atoms with Gasteiger partial charge in [-0.05, 0) is 85.4 Å². The minimum atomic E-state index is -0.905. The molecule has 1 N–H and O–H groups in total. The summed E-state index contributed by atoms with van der Waals surface area (Å²) in [6, 6.07) is 20.7. The van der Waals surface area contributed by atoms with Crippen molar-refractivity contribution in [2.24, 2.45) is 5.41 Å². The van der Waals surface area contributed by atoms with Crippen LogP contribution in [0.15, 0.2) is 60.7 Å². The minimum Gasteiger partial charge on any atom is -0.469 e. The van der Waals surface area contributed by atoms with Gasteiger partial charge in [-0.25, -0.2) is 4.98 Å². The predicted octanol–water partition coefficient (Wildman–Crippen LogP) is 9.75. The number of aromatic nitrogens is 1. The molecule has 1 aliphatic carbocycles. The van der Waals surface area contributed by atoms with Crippen LogP contribution >= 0.6 is 46.3 Å². The van der Waals surface area contributed by atoms with Gasteiger partial charge in [0.2, 0.25) is 0 Å². The summed E-state index contributed by atoms with van der Waals surface area (Å²) < 4.78 is 6.51. The lowest BCUT2D eigenvalue weighted by atomic mass is 9.90. The fourth-order valence-corrected chi connectivity index (χ4v) is 8.23. The number of carbonyl (C=O) groups excluding carboxylic acids is 1. The molecule has 5 rings (SSSR count).